The highest BCUT2D eigenvalue weighted by Crippen LogP contribution is 2.37. The summed E-state index contributed by atoms with van der Waals surface area (Å²) >= 11 is 1.57. The molecule has 0 aromatic rings. The SMILES string of the molecule is CC(=O)OC[C@H]1O[C@@H](SC(C)(C)C)C[C@H](OC(C)=O)[C@@H]1OC(C)=O. The van der Waals surface area contributed by atoms with E-state index in [-0.39, 0.29) is 16.8 Å². The van der Waals surface area contributed by atoms with E-state index in [1.165, 1.54) is 20.8 Å². The van der Waals surface area contributed by atoms with Gasteiger partial charge in [-0.25, -0.2) is 0 Å². The third-order valence-corrected chi connectivity index (χ3v) is 4.31. The molecule has 0 saturated carbocycles. The van der Waals surface area contributed by atoms with Crippen LogP contribution in [-0.4, -0.2) is 53.0 Å². The second-order valence-electron chi connectivity index (χ2n) is 6.59. The van der Waals surface area contributed by atoms with E-state index in [1.807, 2.05) is 20.8 Å². The summed E-state index contributed by atoms with van der Waals surface area (Å²) in [7, 11) is 0. The number of rotatable bonds is 5. The van der Waals surface area contributed by atoms with Gasteiger partial charge >= 0.3 is 17.9 Å². The summed E-state index contributed by atoms with van der Waals surface area (Å²) < 4.78 is 21.5. The average Bonchev–Trinajstić information content (AvgIpc) is 2.36. The van der Waals surface area contributed by atoms with Gasteiger partial charge in [-0.2, -0.15) is 0 Å². The molecule has 138 valence electrons. The van der Waals surface area contributed by atoms with Crippen molar-refractivity contribution in [2.45, 2.75) is 76.5 Å². The summed E-state index contributed by atoms with van der Waals surface area (Å²) in [5.74, 6) is -1.45. The molecule has 1 fully saturated rings. The van der Waals surface area contributed by atoms with Crippen LogP contribution in [0.15, 0.2) is 0 Å². The van der Waals surface area contributed by atoms with Gasteiger partial charge in [0.1, 0.15) is 24.3 Å². The average molecular weight is 362 g/mol. The van der Waals surface area contributed by atoms with Crippen molar-refractivity contribution in [2.75, 3.05) is 6.61 Å². The van der Waals surface area contributed by atoms with Crippen LogP contribution in [0, 0.1) is 0 Å². The van der Waals surface area contributed by atoms with Crippen molar-refractivity contribution in [3.05, 3.63) is 0 Å². The Morgan fingerprint density at radius 2 is 1.62 bits per heavy atom. The normalized spacial score (nSPS) is 27.2. The fraction of sp³-hybridized carbons (Fsp3) is 0.812. The van der Waals surface area contributed by atoms with Crippen molar-refractivity contribution in [3.8, 4) is 0 Å². The first kappa shape index (κ1) is 20.8. The first-order valence-electron chi connectivity index (χ1n) is 7.79. The van der Waals surface area contributed by atoms with Crippen LogP contribution in [0.25, 0.3) is 0 Å². The van der Waals surface area contributed by atoms with Crippen LogP contribution in [0.2, 0.25) is 0 Å². The zero-order chi connectivity index (χ0) is 18.5. The topological polar surface area (TPSA) is 88.1 Å². The van der Waals surface area contributed by atoms with Gasteiger partial charge in [0, 0.05) is 31.9 Å². The summed E-state index contributed by atoms with van der Waals surface area (Å²) in [5, 5.41) is 0. The van der Waals surface area contributed by atoms with Crippen LogP contribution in [0.4, 0.5) is 0 Å². The molecule has 1 aliphatic rings. The minimum Gasteiger partial charge on any atom is -0.463 e. The molecule has 24 heavy (non-hydrogen) atoms. The van der Waals surface area contributed by atoms with Crippen molar-refractivity contribution in [2.24, 2.45) is 0 Å². The van der Waals surface area contributed by atoms with Crippen LogP contribution in [-0.2, 0) is 33.3 Å². The second kappa shape index (κ2) is 8.71. The van der Waals surface area contributed by atoms with Gasteiger partial charge in [-0.15, -0.1) is 11.8 Å². The van der Waals surface area contributed by atoms with Gasteiger partial charge < -0.3 is 18.9 Å². The minimum absolute atomic E-state index is 0.0771. The predicted octanol–water partition coefficient (Wildman–Crippen LogP) is 2.06. The molecule has 1 heterocycles. The number of carbonyl (C=O) groups is 3. The van der Waals surface area contributed by atoms with E-state index in [2.05, 4.69) is 0 Å². The van der Waals surface area contributed by atoms with Gasteiger partial charge in [-0.05, 0) is 0 Å². The zero-order valence-electron chi connectivity index (χ0n) is 15.0. The Morgan fingerprint density at radius 3 is 2.08 bits per heavy atom. The maximum atomic E-state index is 11.4. The minimum atomic E-state index is -0.817. The van der Waals surface area contributed by atoms with Gasteiger partial charge in [0.2, 0.25) is 0 Å². The monoisotopic (exact) mass is 362 g/mol. The van der Waals surface area contributed by atoms with Crippen molar-refractivity contribution >= 4 is 29.7 Å². The van der Waals surface area contributed by atoms with E-state index in [1.54, 1.807) is 11.8 Å². The van der Waals surface area contributed by atoms with Crippen LogP contribution in [0.5, 0.6) is 0 Å². The lowest BCUT2D eigenvalue weighted by atomic mass is 10.0. The van der Waals surface area contributed by atoms with Gasteiger partial charge in [0.15, 0.2) is 6.10 Å². The molecule has 0 amide bonds. The van der Waals surface area contributed by atoms with E-state index < -0.39 is 36.2 Å². The van der Waals surface area contributed by atoms with Gasteiger partial charge in [0.25, 0.3) is 0 Å². The van der Waals surface area contributed by atoms with Crippen LogP contribution in [0.3, 0.4) is 0 Å². The molecule has 0 spiro atoms. The Bertz CT molecular complexity index is 472. The molecular weight excluding hydrogens is 336 g/mol. The molecule has 4 atom stereocenters. The molecule has 7 nitrogen and oxygen atoms in total. The van der Waals surface area contributed by atoms with Crippen molar-refractivity contribution in [1.29, 1.82) is 0 Å². The lowest BCUT2D eigenvalue weighted by molar-refractivity contribution is -0.204. The van der Waals surface area contributed by atoms with E-state index in [9.17, 15) is 14.4 Å². The highest BCUT2D eigenvalue weighted by Gasteiger charge is 2.44. The first-order chi connectivity index (χ1) is 11.0. The highest BCUT2D eigenvalue weighted by atomic mass is 32.2. The Kier molecular flexibility index (Phi) is 7.54. The predicted molar refractivity (Wildman–Crippen MR) is 88.4 cm³/mol. The number of thioether (sulfide) groups is 1. The summed E-state index contributed by atoms with van der Waals surface area (Å²) in [4.78, 5) is 33.9. The number of hydrogen-bond acceptors (Lipinski definition) is 8. The largest absolute Gasteiger partial charge is 0.463 e. The Labute approximate surface area is 146 Å². The standard InChI is InChI=1S/C16H26O7S/c1-9(17)20-8-13-15(22-11(3)19)12(21-10(2)18)7-14(23-13)24-16(4,5)6/h12-15H,7-8H2,1-6H3/t12-,13+,14-,15-/m0/s1. The van der Waals surface area contributed by atoms with Crippen LogP contribution in [0.1, 0.15) is 48.0 Å². The molecule has 0 aromatic heterocycles. The molecule has 1 rings (SSSR count). The number of esters is 3. The summed E-state index contributed by atoms with van der Waals surface area (Å²) in [6.07, 6.45) is -1.78. The molecule has 1 aliphatic heterocycles. The Hall–Kier alpha value is -1.28. The van der Waals surface area contributed by atoms with Crippen molar-refractivity contribution in [1.82, 2.24) is 0 Å². The Balaban J connectivity index is 2.97. The molecule has 0 aromatic carbocycles. The number of hydrogen-bond donors (Lipinski definition) is 0. The third-order valence-electron chi connectivity index (χ3n) is 3.04. The number of carbonyl (C=O) groups excluding carboxylic acids is 3. The fourth-order valence-electron chi connectivity index (χ4n) is 2.37. The maximum Gasteiger partial charge on any atom is 0.303 e. The van der Waals surface area contributed by atoms with E-state index >= 15 is 0 Å². The second-order valence-corrected chi connectivity index (χ2v) is 8.58. The molecule has 1 saturated heterocycles. The van der Waals surface area contributed by atoms with Crippen LogP contribution >= 0.6 is 11.8 Å². The quantitative estimate of drug-likeness (QED) is 0.542. The highest BCUT2D eigenvalue weighted by molar-refractivity contribution is 8.01. The summed E-state index contributed by atoms with van der Waals surface area (Å²) in [5.41, 5.74) is -0.276. The summed E-state index contributed by atoms with van der Waals surface area (Å²) in [6, 6.07) is 0. The fourth-order valence-corrected chi connectivity index (χ4v) is 3.64. The first-order valence-corrected chi connectivity index (χ1v) is 8.67. The lowest BCUT2D eigenvalue weighted by Crippen LogP contribution is -2.53. The molecule has 0 N–H and O–H groups in total. The van der Waals surface area contributed by atoms with Gasteiger partial charge in [0.05, 0.1) is 0 Å². The lowest BCUT2D eigenvalue weighted by Gasteiger charge is -2.41. The third kappa shape index (κ3) is 7.53. The summed E-state index contributed by atoms with van der Waals surface area (Å²) in [6.45, 7) is 9.90. The Morgan fingerprint density at radius 1 is 1.04 bits per heavy atom. The molecule has 0 unspecified atom stereocenters. The van der Waals surface area contributed by atoms with E-state index in [0.29, 0.717) is 6.42 Å². The molecule has 0 bridgehead atoms. The van der Waals surface area contributed by atoms with Crippen molar-refractivity contribution in [3.63, 3.8) is 0 Å². The molecule has 8 heteroatoms. The maximum absolute atomic E-state index is 11.4. The van der Waals surface area contributed by atoms with Crippen LogP contribution < -0.4 is 0 Å². The smallest absolute Gasteiger partial charge is 0.303 e. The molecular formula is C16H26O7S. The molecule has 0 aliphatic carbocycles. The van der Waals surface area contributed by atoms with Crippen molar-refractivity contribution < 1.29 is 33.3 Å². The number of ether oxygens (including phenoxy) is 4. The van der Waals surface area contributed by atoms with E-state index in [0.717, 1.165) is 0 Å². The van der Waals surface area contributed by atoms with Gasteiger partial charge in [-0.1, -0.05) is 20.8 Å². The van der Waals surface area contributed by atoms with E-state index in [4.69, 9.17) is 18.9 Å². The molecule has 0 radical (unpaired) electrons. The van der Waals surface area contributed by atoms with Gasteiger partial charge in [-0.3, -0.25) is 14.4 Å². The zero-order valence-corrected chi connectivity index (χ0v) is 15.8.